The summed E-state index contributed by atoms with van der Waals surface area (Å²) in [6.07, 6.45) is 3.66. The minimum atomic E-state index is -0.614. The summed E-state index contributed by atoms with van der Waals surface area (Å²) in [7, 11) is 0. The lowest BCUT2D eigenvalue weighted by molar-refractivity contribution is -0.134. The molecular weight excluding hydrogens is 252 g/mol. The van der Waals surface area contributed by atoms with Crippen LogP contribution in [-0.2, 0) is 11.2 Å². The van der Waals surface area contributed by atoms with Gasteiger partial charge in [-0.2, -0.15) is 0 Å². The Hall–Kier alpha value is -1.81. The van der Waals surface area contributed by atoms with E-state index >= 15 is 0 Å². The predicted octanol–water partition coefficient (Wildman–Crippen LogP) is 2.08. The summed E-state index contributed by atoms with van der Waals surface area (Å²) in [4.78, 5) is 17.4. The van der Waals surface area contributed by atoms with E-state index < -0.39 is 5.60 Å². The lowest BCUT2D eigenvalue weighted by Crippen LogP contribution is -2.45. The number of nitrogens with one attached hydrogen (secondary N) is 1. The minimum Gasteiger partial charge on any atom is -0.390 e. The van der Waals surface area contributed by atoms with Crippen molar-refractivity contribution < 1.29 is 9.90 Å². The number of nitrogens with zero attached hydrogens (tertiary/aromatic N) is 1. The molecule has 2 heterocycles. The molecule has 0 atom stereocenters. The van der Waals surface area contributed by atoms with Crippen LogP contribution in [0.25, 0.3) is 10.9 Å². The van der Waals surface area contributed by atoms with E-state index in [9.17, 15) is 9.90 Å². The number of aromatic amines is 1. The molecule has 1 fully saturated rings. The van der Waals surface area contributed by atoms with Crippen molar-refractivity contribution in [3.63, 3.8) is 0 Å². The number of hydrogen-bond acceptors (Lipinski definition) is 2. The van der Waals surface area contributed by atoms with Gasteiger partial charge in [0.05, 0.1) is 12.0 Å². The van der Waals surface area contributed by atoms with E-state index in [1.165, 1.54) is 0 Å². The number of aliphatic hydroxyl groups is 1. The Labute approximate surface area is 118 Å². The topological polar surface area (TPSA) is 56.3 Å². The molecule has 1 aromatic carbocycles. The molecule has 3 rings (SSSR count). The summed E-state index contributed by atoms with van der Waals surface area (Å²) < 4.78 is 0. The maximum Gasteiger partial charge on any atom is 0.227 e. The molecule has 1 aliphatic rings. The molecule has 0 spiro atoms. The standard InChI is InChI=1S/C16H20N2O2/c1-16(20)6-8-18(9-7-16)15(19)10-12-11-17-14-5-3-2-4-13(12)14/h2-5,11,17,20H,6-10H2,1H3. The molecule has 2 N–H and O–H groups in total. The Morgan fingerprint density at radius 3 is 2.80 bits per heavy atom. The van der Waals surface area contributed by atoms with Crippen LogP contribution in [0, 0.1) is 0 Å². The first kappa shape index (κ1) is 13.2. The number of H-pyrrole nitrogens is 1. The number of aromatic nitrogens is 1. The highest BCUT2D eigenvalue weighted by atomic mass is 16.3. The lowest BCUT2D eigenvalue weighted by atomic mass is 9.93. The molecule has 0 radical (unpaired) electrons. The van der Waals surface area contributed by atoms with Crippen LogP contribution >= 0.6 is 0 Å². The van der Waals surface area contributed by atoms with Gasteiger partial charge in [0.2, 0.25) is 5.91 Å². The Morgan fingerprint density at radius 2 is 2.05 bits per heavy atom. The van der Waals surface area contributed by atoms with Gasteiger partial charge in [0, 0.05) is 30.2 Å². The predicted molar refractivity (Wildman–Crippen MR) is 78.4 cm³/mol. The van der Waals surface area contributed by atoms with Gasteiger partial charge in [-0.05, 0) is 31.4 Å². The number of amides is 1. The SMILES string of the molecule is CC1(O)CCN(C(=O)Cc2c[nH]c3ccccc23)CC1. The van der Waals surface area contributed by atoms with Crippen LogP contribution in [0.5, 0.6) is 0 Å². The molecule has 0 saturated carbocycles. The van der Waals surface area contributed by atoms with Gasteiger partial charge >= 0.3 is 0 Å². The van der Waals surface area contributed by atoms with E-state index in [0.717, 1.165) is 16.5 Å². The van der Waals surface area contributed by atoms with Crippen molar-refractivity contribution in [1.29, 1.82) is 0 Å². The van der Waals surface area contributed by atoms with Gasteiger partial charge in [0.1, 0.15) is 0 Å². The normalized spacial score (nSPS) is 18.4. The molecule has 4 nitrogen and oxygen atoms in total. The summed E-state index contributed by atoms with van der Waals surface area (Å²) in [5, 5.41) is 11.0. The molecule has 1 amide bonds. The third kappa shape index (κ3) is 2.56. The number of rotatable bonds is 2. The number of carbonyl (C=O) groups excluding carboxylic acids is 1. The third-order valence-electron chi connectivity index (χ3n) is 4.21. The van der Waals surface area contributed by atoms with Crippen LogP contribution in [0.3, 0.4) is 0 Å². The molecule has 0 aliphatic carbocycles. The van der Waals surface area contributed by atoms with Crippen LogP contribution < -0.4 is 0 Å². The van der Waals surface area contributed by atoms with Crippen molar-refractivity contribution in [2.24, 2.45) is 0 Å². The van der Waals surface area contributed by atoms with Gasteiger partial charge in [-0.15, -0.1) is 0 Å². The van der Waals surface area contributed by atoms with Crippen molar-refractivity contribution in [3.05, 3.63) is 36.0 Å². The smallest absolute Gasteiger partial charge is 0.227 e. The third-order valence-corrected chi connectivity index (χ3v) is 4.21. The van der Waals surface area contributed by atoms with Crippen LogP contribution in [0.1, 0.15) is 25.3 Å². The van der Waals surface area contributed by atoms with Crippen molar-refractivity contribution in [2.75, 3.05) is 13.1 Å². The van der Waals surface area contributed by atoms with Crippen LogP contribution in [0.2, 0.25) is 0 Å². The minimum absolute atomic E-state index is 0.144. The van der Waals surface area contributed by atoms with Crippen molar-refractivity contribution in [1.82, 2.24) is 9.88 Å². The summed E-state index contributed by atoms with van der Waals surface area (Å²) in [5.41, 5.74) is 1.50. The van der Waals surface area contributed by atoms with Crippen molar-refractivity contribution in [3.8, 4) is 0 Å². The number of benzene rings is 1. The fourth-order valence-electron chi connectivity index (χ4n) is 2.79. The summed E-state index contributed by atoms with van der Waals surface area (Å²) in [6.45, 7) is 3.14. The van der Waals surface area contributed by atoms with Gasteiger partial charge in [0.15, 0.2) is 0 Å². The molecule has 1 saturated heterocycles. The number of hydrogen-bond donors (Lipinski definition) is 2. The van der Waals surface area contributed by atoms with Gasteiger partial charge in [-0.1, -0.05) is 18.2 Å². The fourth-order valence-corrected chi connectivity index (χ4v) is 2.79. The highest BCUT2D eigenvalue weighted by molar-refractivity contribution is 5.88. The molecule has 0 unspecified atom stereocenters. The van der Waals surface area contributed by atoms with Gasteiger partial charge in [-0.3, -0.25) is 4.79 Å². The van der Waals surface area contributed by atoms with Gasteiger partial charge < -0.3 is 15.0 Å². The zero-order chi connectivity index (χ0) is 14.2. The number of para-hydroxylation sites is 1. The first-order valence-electron chi connectivity index (χ1n) is 7.10. The Kier molecular flexibility index (Phi) is 3.26. The van der Waals surface area contributed by atoms with E-state index in [0.29, 0.717) is 32.4 Å². The number of fused-ring (bicyclic) bond motifs is 1. The summed E-state index contributed by atoms with van der Waals surface area (Å²) >= 11 is 0. The van der Waals surface area contributed by atoms with Crippen LogP contribution in [-0.4, -0.2) is 39.6 Å². The van der Waals surface area contributed by atoms with Crippen LogP contribution in [0.15, 0.2) is 30.5 Å². The monoisotopic (exact) mass is 272 g/mol. The molecule has 1 aliphatic heterocycles. The van der Waals surface area contributed by atoms with E-state index in [1.807, 2.05) is 42.3 Å². The molecule has 0 bridgehead atoms. The molecule has 1 aromatic heterocycles. The Morgan fingerprint density at radius 1 is 1.35 bits per heavy atom. The number of likely N-dealkylation sites (tertiary alicyclic amines) is 1. The van der Waals surface area contributed by atoms with Crippen LogP contribution in [0.4, 0.5) is 0 Å². The highest BCUT2D eigenvalue weighted by Crippen LogP contribution is 2.23. The second-order valence-corrected chi connectivity index (χ2v) is 5.91. The first-order chi connectivity index (χ1) is 9.55. The maximum atomic E-state index is 12.4. The van der Waals surface area contributed by atoms with Crippen molar-refractivity contribution in [2.45, 2.75) is 31.8 Å². The van der Waals surface area contributed by atoms with Gasteiger partial charge in [-0.25, -0.2) is 0 Å². The summed E-state index contributed by atoms with van der Waals surface area (Å²) in [5.74, 6) is 0.144. The second-order valence-electron chi connectivity index (χ2n) is 5.91. The molecule has 2 aromatic rings. The molecular formula is C16H20N2O2. The fraction of sp³-hybridized carbons (Fsp3) is 0.438. The van der Waals surface area contributed by atoms with E-state index in [-0.39, 0.29) is 5.91 Å². The quantitative estimate of drug-likeness (QED) is 0.879. The van der Waals surface area contributed by atoms with E-state index in [2.05, 4.69) is 4.98 Å². The average Bonchev–Trinajstić information content (AvgIpc) is 2.82. The van der Waals surface area contributed by atoms with Gasteiger partial charge in [0.25, 0.3) is 0 Å². The number of piperidine rings is 1. The Bertz CT molecular complexity index is 620. The molecule has 20 heavy (non-hydrogen) atoms. The van der Waals surface area contributed by atoms with E-state index in [1.54, 1.807) is 0 Å². The van der Waals surface area contributed by atoms with E-state index in [4.69, 9.17) is 0 Å². The second kappa shape index (κ2) is 4.94. The lowest BCUT2D eigenvalue weighted by Gasteiger charge is -2.35. The molecule has 106 valence electrons. The largest absolute Gasteiger partial charge is 0.390 e. The Balaban J connectivity index is 1.70. The summed E-state index contributed by atoms with van der Waals surface area (Å²) in [6, 6.07) is 8.02. The zero-order valence-corrected chi connectivity index (χ0v) is 11.7. The zero-order valence-electron chi connectivity index (χ0n) is 11.7. The maximum absolute atomic E-state index is 12.4. The molecule has 4 heteroatoms. The average molecular weight is 272 g/mol. The highest BCUT2D eigenvalue weighted by Gasteiger charge is 2.29. The number of carbonyl (C=O) groups is 1. The van der Waals surface area contributed by atoms with Crippen molar-refractivity contribution >= 4 is 16.8 Å². The first-order valence-corrected chi connectivity index (χ1v) is 7.10.